The molecule has 1 saturated heterocycles. The van der Waals surface area contributed by atoms with E-state index in [1.54, 1.807) is 72.8 Å². The highest BCUT2D eigenvalue weighted by atomic mass is 16.5. The van der Waals surface area contributed by atoms with Crippen molar-refractivity contribution in [3.63, 3.8) is 0 Å². The standard InChI is InChI=1S/C30H22N2O4/c1-2-19-36-27-18-17-21-11-9-10-16-24(21)25(27)20-26-28(33)31(22-12-5-3-6-13-22)30(35)32(29(26)34)23-14-7-4-8-15-23/h2-18,20H,1,19H2. The quantitative estimate of drug-likeness (QED) is 0.196. The van der Waals surface area contributed by atoms with Gasteiger partial charge in [0, 0.05) is 5.56 Å². The van der Waals surface area contributed by atoms with Crippen molar-refractivity contribution in [2.75, 3.05) is 16.4 Å². The Balaban J connectivity index is 1.73. The van der Waals surface area contributed by atoms with Crippen LogP contribution in [0.1, 0.15) is 5.56 Å². The molecule has 0 atom stereocenters. The zero-order valence-electron chi connectivity index (χ0n) is 19.3. The summed E-state index contributed by atoms with van der Waals surface area (Å²) in [6, 6.07) is 27.7. The van der Waals surface area contributed by atoms with Gasteiger partial charge in [0.2, 0.25) is 0 Å². The largest absolute Gasteiger partial charge is 0.489 e. The van der Waals surface area contributed by atoms with Gasteiger partial charge in [0.15, 0.2) is 0 Å². The van der Waals surface area contributed by atoms with Gasteiger partial charge in [-0.2, -0.15) is 0 Å². The van der Waals surface area contributed by atoms with Gasteiger partial charge < -0.3 is 4.74 Å². The number of hydrogen-bond acceptors (Lipinski definition) is 4. The Labute approximate surface area is 208 Å². The second-order valence-electron chi connectivity index (χ2n) is 8.09. The highest BCUT2D eigenvalue weighted by molar-refractivity contribution is 6.46. The fourth-order valence-corrected chi connectivity index (χ4v) is 4.18. The maximum absolute atomic E-state index is 13.7. The first-order valence-corrected chi connectivity index (χ1v) is 11.4. The van der Waals surface area contributed by atoms with Crippen LogP contribution in [0.25, 0.3) is 16.8 Å². The minimum Gasteiger partial charge on any atom is -0.489 e. The Morgan fingerprint density at radius 3 is 1.83 bits per heavy atom. The zero-order valence-corrected chi connectivity index (χ0v) is 19.3. The first-order chi connectivity index (χ1) is 17.6. The van der Waals surface area contributed by atoms with Crippen LogP contribution >= 0.6 is 0 Å². The van der Waals surface area contributed by atoms with Crippen molar-refractivity contribution in [1.82, 2.24) is 0 Å². The van der Waals surface area contributed by atoms with Gasteiger partial charge in [-0.3, -0.25) is 9.59 Å². The van der Waals surface area contributed by atoms with Gasteiger partial charge in [0.25, 0.3) is 11.8 Å². The number of hydrogen-bond donors (Lipinski definition) is 0. The summed E-state index contributed by atoms with van der Waals surface area (Å²) in [5.74, 6) is -0.909. The van der Waals surface area contributed by atoms with Gasteiger partial charge in [-0.05, 0) is 47.2 Å². The molecule has 0 aromatic heterocycles. The Hall–Kier alpha value is -4.97. The average molecular weight is 475 g/mol. The van der Waals surface area contributed by atoms with Crippen molar-refractivity contribution >= 4 is 46.1 Å². The van der Waals surface area contributed by atoms with Gasteiger partial charge in [-0.1, -0.05) is 79.4 Å². The Morgan fingerprint density at radius 2 is 1.25 bits per heavy atom. The molecule has 0 bridgehead atoms. The number of urea groups is 1. The van der Waals surface area contributed by atoms with Crippen LogP contribution in [-0.2, 0) is 9.59 Å². The van der Waals surface area contributed by atoms with Crippen molar-refractivity contribution in [3.8, 4) is 5.75 Å². The molecule has 1 fully saturated rings. The van der Waals surface area contributed by atoms with Crippen LogP contribution in [0.5, 0.6) is 5.75 Å². The molecule has 0 N–H and O–H groups in total. The molecule has 0 unspecified atom stereocenters. The number of carbonyl (C=O) groups is 3. The normalized spacial score (nSPS) is 13.8. The molecule has 6 nitrogen and oxygen atoms in total. The number of benzene rings is 4. The van der Waals surface area contributed by atoms with E-state index in [1.165, 1.54) is 6.08 Å². The second kappa shape index (κ2) is 9.72. The number of rotatable bonds is 6. The molecule has 4 amide bonds. The van der Waals surface area contributed by atoms with Crippen molar-refractivity contribution < 1.29 is 19.1 Å². The third kappa shape index (κ3) is 4.05. The first kappa shape index (κ1) is 22.8. The summed E-state index contributed by atoms with van der Waals surface area (Å²) in [6.45, 7) is 3.95. The summed E-state index contributed by atoms with van der Waals surface area (Å²) in [5, 5.41) is 1.73. The number of imide groups is 2. The Morgan fingerprint density at radius 1 is 0.694 bits per heavy atom. The molecule has 6 heteroatoms. The molecule has 0 radical (unpaired) electrons. The maximum Gasteiger partial charge on any atom is 0.343 e. The topological polar surface area (TPSA) is 66.9 Å². The third-order valence-electron chi connectivity index (χ3n) is 5.85. The fraction of sp³-hybridized carbons (Fsp3) is 0.0333. The van der Waals surface area contributed by atoms with Crippen molar-refractivity contribution in [2.45, 2.75) is 0 Å². The van der Waals surface area contributed by atoms with Gasteiger partial charge >= 0.3 is 6.03 Å². The van der Waals surface area contributed by atoms with Crippen molar-refractivity contribution in [3.05, 3.63) is 121 Å². The molecule has 176 valence electrons. The SMILES string of the molecule is C=CCOc1ccc2ccccc2c1C=C1C(=O)N(c2ccccc2)C(=O)N(c2ccccc2)C1=O. The lowest BCUT2D eigenvalue weighted by molar-refractivity contribution is -0.121. The third-order valence-corrected chi connectivity index (χ3v) is 5.85. The molecule has 0 aliphatic carbocycles. The van der Waals surface area contributed by atoms with Crippen LogP contribution < -0.4 is 14.5 Å². The van der Waals surface area contributed by atoms with E-state index >= 15 is 0 Å². The van der Waals surface area contributed by atoms with Crippen LogP contribution in [0.15, 0.2) is 115 Å². The lowest BCUT2D eigenvalue weighted by Gasteiger charge is -2.34. The molecule has 4 aromatic rings. The monoisotopic (exact) mass is 474 g/mol. The van der Waals surface area contributed by atoms with Crippen LogP contribution in [0.3, 0.4) is 0 Å². The maximum atomic E-state index is 13.7. The predicted octanol–water partition coefficient (Wildman–Crippen LogP) is 5.99. The van der Waals surface area contributed by atoms with Crippen molar-refractivity contribution in [2.24, 2.45) is 0 Å². The van der Waals surface area contributed by atoms with E-state index in [9.17, 15) is 14.4 Å². The molecule has 1 heterocycles. The highest BCUT2D eigenvalue weighted by Gasteiger charge is 2.43. The summed E-state index contributed by atoms with van der Waals surface area (Å²) in [5.41, 5.74) is 1.16. The minimum atomic E-state index is -0.736. The summed E-state index contributed by atoms with van der Waals surface area (Å²) >= 11 is 0. The van der Waals surface area contributed by atoms with Gasteiger partial charge in [0.1, 0.15) is 17.9 Å². The lowest BCUT2D eigenvalue weighted by atomic mass is 9.99. The number of para-hydroxylation sites is 2. The average Bonchev–Trinajstić information content (AvgIpc) is 2.91. The molecule has 5 rings (SSSR count). The van der Waals surface area contributed by atoms with E-state index in [-0.39, 0.29) is 12.2 Å². The smallest absolute Gasteiger partial charge is 0.343 e. The second-order valence-corrected chi connectivity index (χ2v) is 8.09. The Bertz CT molecular complexity index is 1450. The van der Waals surface area contributed by atoms with E-state index in [0.29, 0.717) is 22.7 Å². The summed E-state index contributed by atoms with van der Waals surface area (Å²) in [4.78, 5) is 43.0. The molecule has 0 spiro atoms. The number of carbonyl (C=O) groups excluding carboxylic acids is 3. The van der Waals surface area contributed by atoms with Crippen LogP contribution in [0, 0.1) is 0 Å². The zero-order chi connectivity index (χ0) is 25.1. The van der Waals surface area contributed by atoms with Crippen LogP contribution in [-0.4, -0.2) is 24.5 Å². The van der Waals surface area contributed by atoms with Crippen molar-refractivity contribution in [1.29, 1.82) is 0 Å². The summed E-state index contributed by atoms with van der Waals surface area (Å²) in [7, 11) is 0. The molecule has 0 saturated carbocycles. The van der Waals surface area contributed by atoms with Crippen LogP contribution in [0.4, 0.5) is 16.2 Å². The van der Waals surface area contributed by atoms with E-state index in [2.05, 4.69) is 6.58 Å². The number of barbiturate groups is 1. The molecular weight excluding hydrogens is 452 g/mol. The summed E-state index contributed by atoms with van der Waals surface area (Å²) in [6.07, 6.45) is 3.14. The molecule has 1 aliphatic heterocycles. The number of ether oxygens (including phenoxy) is 1. The van der Waals surface area contributed by atoms with Gasteiger partial charge in [0.05, 0.1) is 11.4 Å². The van der Waals surface area contributed by atoms with Gasteiger partial charge in [-0.25, -0.2) is 14.6 Å². The number of anilines is 2. The predicted molar refractivity (Wildman–Crippen MR) is 141 cm³/mol. The molecule has 4 aromatic carbocycles. The van der Waals surface area contributed by atoms with E-state index < -0.39 is 17.8 Å². The first-order valence-electron chi connectivity index (χ1n) is 11.4. The highest BCUT2D eigenvalue weighted by Crippen LogP contribution is 2.34. The molecule has 36 heavy (non-hydrogen) atoms. The van der Waals surface area contributed by atoms with Crippen LogP contribution in [0.2, 0.25) is 0 Å². The number of amides is 4. The lowest BCUT2D eigenvalue weighted by Crippen LogP contribution is -2.57. The molecular formula is C30H22N2O4. The van der Waals surface area contributed by atoms with E-state index in [0.717, 1.165) is 20.6 Å². The molecule has 1 aliphatic rings. The summed E-state index contributed by atoms with van der Waals surface area (Å²) < 4.78 is 5.87. The number of nitrogens with zero attached hydrogens (tertiary/aromatic N) is 2. The Kier molecular flexibility index (Phi) is 6.16. The van der Waals surface area contributed by atoms with E-state index in [1.807, 2.05) is 30.3 Å². The van der Waals surface area contributed by atoms with E-state index in [4.69, 9.17) is 4.74 Å². The number of fused-ring (bicyclic) bond motifs is 1. The van der Waals surface area contributed by atoms with Gasteiger partial charge in [-0.15, -0.1) is 0 Å². The fourth-order valence-electron chi connectivity index (χ4n) is 4.18. The minimum absolute atomic E-state index is 0.151.